The highest BCUT2D eigenvalue weighted by atomic mass is 19.1. The molecule has 0 amide bonds. The molecule has 1 saturated carbocycles. The zero-order chi connectivity index (χ0) is 12.6. The first-order chi connectivity index (χ1) is 8.84. The minimum absolute atomic E-state index is 0.284. The molecule has 0 radical (unpaired) electrons. The van der Waals surface area contributed by atoms with Crippen molar-refractivity contribution in [3.63, 3.8) is 0 Å². The highest BCUT2D eigenvalue weighted by Crippen LogP contribution is 2.19. The minimum Gasteiger partial charge on any atom is -0.377 e. The Morgan fingerprint density at radius 2 is 2.11 bits per heavy atom. The topological polar surface area (TPSA) is 34.2 Å². The van der Waals surface area contributed by atoms with Gasteiger partial charge in [0, 0.05) is 19.3 Å². The van der Waals surface area contributed by atoms with Crippen LogP contribution in [0.25, 0.3) is 0 Å². The molecular formula is C14H21FN2O. The Labute approximate surface area is 108 Å². The van der Waals surface area contributed by atoms with Crippen LogP contribution in [0.4, 0.5) is 4.39 Å². The number of hydrogen-bond acceptors (Lipinski definition) is 3. The Bertz CT molecular complexity index is 353. The van der Waals surface area contributed by atoms with Gasteiger partial charge < -0.3 is 10.1 Å². The van der Waals surface area contributed by atoms with Crippen LogP contribution in [0, 0.1) is 5.82 Å². The number of hydrogen-bond donors (Lipinski definition) is 1. The first-order valence-corrected chi connectivity index (χ1v) is 6.76. The molecule has 0 aromatic carbocycles. The van der Waals surface area contributed by atoms with Crippen LogP contribution in [0.1, 0.15) is 37.7 Å². The Hall–Kier alpha value is -1.00. The zero-order valence-corrected chi connectivity index (χ0v) is 10.7. The summed E-state index contributed by atoms with van der Waals surface area (Å²) in [4.78, 5) is 3.81. The molecule has 1 aromatic heterocycles. The number of halogens is 1. The number of nitrogens with zero attached hydrogens (tertiary/aromatic N) is 1. The van der Waals surface area contributed by atoms with Crippen molar-refractivity contribution in [3.05, 3.63) is 29.8 Å². The van der Waals surface area contributed by atoms with Crippen molar-refractivity contribution < 1.29 is 9.13 Å². The Morgan fingerprint density at radius 3 is 2.89 bits per heavy atom. The fraction of sp³-hybridized carbons (Fsp3) is 0.643. The van der Waals surface area contributed by atoms with Crippen LogP contribution in [-0.2, 0) is 11.3 Å². The average molecular weight is 252 g/mol. The molecule has 0 saturated heterocycles. The Kier molecular flexibility index (Phi) is 5.55. The molecule has 18 heavy (non-hydrogen) atoms. The Balaban J connectivity index is 1.55. The first-order valence-electron chi connectivity index (χ1n) is 6.76. The first kappa shape index (κ1) is 13.4. The number of aromatic nitrogens is 1. The van der Waals surface area contributed by atoms with Gasteiger partial charge in [-0.1, -0.05) is 19.3 Å². The largest absolute Gasteiger partial charge is 0.377 e. The van der Waals surface area contributed by atoms with Crippen molar-refractivity contribution in [1.29, 1.82) is 0 Å². The van der Waals surface area contributed by atoms with Crippen LogP contribution in [0.3, 0.4) is 0 Å². The van der Waals surface area contributed by atoms with Gasteiger partial charge in [0.1, 0.15) is 5.82 Å². The number of ether oxygens (including phenoxy) is 1. The van der Waals surface area contributed by atoms with Crippen LogP contribution in [0.5, 0.6) is 0 Å². The lowest BCUT2D eigenvalue weighted by Gasteiger charge is -2.22. The van der Waals surface area contributed by atoms with E-state index < -0.39 is 0 Å². The summed E-state index contributed by atoms with van der Waals surface area (Å²) in [5, 5.41) is 3.24. The molecule has 1 fully saturated rings. The molecule has 100 valence electrons. The van der Waals surface area contributed by atoms with Crippen molar-refractivity contribution in [3.8, 4) is 0 Å². The van der Waals surface area contributed by atoms with E-state index in [0.717, 1.165) is 18.7 Å². The predicted octanol–water partition coefficient (Wildman–Crippen LogP) is 2.66. The van der Waals surface area contributed by atoms with Gasteiger partial charge in [-0.05, 0) is 24.5 Å². The molecule has 0 atom stereocenters. The molecule has 0 bridgehead atoms. The van der Waals surface area contributed by atoms with E-state index >= 15 is 0 Å². The van der Waals surface area contributed by atoms with Crippen molar-refractivity contribution in [2.75, 3.05) is 13.2 Å². The predicted molar refractivity (Wildman–Crippen MR) is 68.7 cm³/mol. The lowest BCUT2D eigenvalue weighted by molar-refractivity contribution is 0.0302. The average Bonchev–Trinajstić information content (AvgIpc) is 2.40. The van der Waals surface area contributed by atoms with Gasteiger partial charge in [-0.2, -0.15) is 0 Å². The lowest BCUT2D eigenvalue weighted by atomic mass is 9.98. The van der Waals surface area contributed by atoms with Crippen molar-refractivity contribution in [1.82, 2.24) is 10.3 Å². The minimum atomic E-state index is -0.284. The standard InChI is InChI=1S/C14H21FN2O/c15-13-8-12(10-17-11-13)9-16-6-7-18-14-4-2-1-3-5-14/h8,10-11,14,16H,1-7,9H2. The monoisotopic (exact) mass is 252 g/mol. The van der Waals surface area contributed by atoms with Crippen LogP contribution in [0.2, 0.25) is 0 Å². The summed E-state index contributed by atoms with van der Waals surface area (Å²) < 4.78 is 18.7. The van der Waals surface area contributed by atoms with E-state index in [2.05, 4.69) is 10.3 Å². The van der Waals surface area contributed by atoms with E-state index in [-0.39, 0.29) is 5.82 Å². The van der Waals surface area contributed by atoms with Gasteiger partial charge in [0.2, 0.25) is 0 Å². The molecule has 1 N–H and O–H groups in total. The quantitative estimate of drug-likeness (QED) is 0.790. The molecule has 1 heterocycles. The molecule has 1 aliphatic carbocycles. The molecule has 2 rings (SSSR count). The third-order valence-corrected chi connectivity index (χ3v) is 3.28. The van der Waals surface area contributed by atoms with Crippen LogP contribution < -0.4 is 5.32 Å². The summed E-state index contributed by atoms with van der Waals surface area (Å²) in [6.45, 7) is 2.17. The third kappa shape index (κ3) is 4.70. The fourth-order valence-electron chi connectivity index (χ4n) is 2.31. The van der Waals surface area contributed by atoms with Crippen molar-refractivity contribution in [2.24, 2.45) is 0 Å². The summed E-state index contributed by atoms with van der Waals surface area (Å²) in [7, 11) is 0. The number of nitrogens with one attached hydrogen (secondary N) is 1. The van der Waals surface area contributed by atoms with Gasteiger partial charge in [0.05, 0.1) is 18.9 Å². The van der Waals surface area contributed by atoms with E-state index in [9.17, 15) is 4.39 Å². The van der Waals surface area contributed by atoms with Crippen LogP contribution in [-0.4, -0.2) is 24.2 Å². The highest BCUT2D eigenvalue weighted by Gasteiger charge is 2.12. The molecule has 0 unspecified atom stereocenters. The van der Waals surface area contributed by atoms with Crippen molar-refractivity contribution >= 4 is 0 Å². The summed E-state index contributed by atoms with van der Waals surface area (Å²) in [6, 6.07) is 1.50. The summed E-state index contributed by atoms with van der Waals surface area (Å²) in [5.41, 5.74) is 0.868. The van der Waals surface area contributed by atoms with E-state index in [0.29, 0.717) is 12.6 Å². The van der Waals surface area contributed by atoms with Crippen LogP contribution >= 0.6 is 0 Å². The molecule has 4 heteroatoms. The van der Waals surface area contributed by atoms with Gasteiger partial charge in [-0.3, -0.25) is 4.98 Å². The summed E-state index contributed by atoms with van der Waals surface area (Å²) in [5.74, 6) is -0.284. The summed E-state index contributed by atoms with van der Waals surface area (Å²) in [6.07, 6.45) is 9.71. The SMILES string of the molecule is Fc1cncc(CNCCOC2CCCCC2)c1. The van der Waals surface area contributed by atoms with E-state index in [1.807, 2.05) is 0 Å². The van der Waals surface area contributed by atoms with Crippen LogP contribution in [0.15, 0.2) is 18.5 Å². The molecule has 0 aliphatic heterocycles. The van der Waals surface area contributed by atoms with E-state index in [4.69, 9.17) is 4.74 Å². The smallest absolute Gasteiger partial charge is 0.141 e. The second-order valence-corrected chi connectivity index (χ2v) is 4.82. The highest BCUT2D eigenvalue weighted by molar-refractivity contribution is 5.09. The maximum absolute atomic E-state index is 12.9. The van der Waals surface area contributed by atoms with E-state index in [1.54, 1.807) is 6.20 Å². The van der Waals surface area contributed by atoms with Crippen molar-refractivity contribution in [2.45, 2.75) is 44.8 Å². The molecule has 1 aliphatic rings. The fourth-order valence-corrected chi connectivity index (χ4v) is 2.31. The number of pyridine rings is 1. The maximum Gasteiger partial charge on any atom is 0.141 e. The molecular weight excluding hydrogens is 231 g/mol. The second-order valence-electron chi connectivity index (χ2n) is 4.82. The molecule has 0 spiro atoms. The number of rotatable bonds is 6. The van der Waals surface area contributed by atoms with Gasteiger partial charge in [0.25, 0.3) is 0 Å². The van der Waals surface area contributed by atoms with Gasteiger partial charge in [0.15, 0.2) is 0 Å². The Morgan fingerprint density at radius 1 is 1.28 bits per heavy atom. The zero-order valence-electron chi connectivity index (χ0n) is 10.7. The molecule has 3 nitrogen and oxygen atoms in total. The van der Waals surface area contributed by atoms with Gasteiger partial charge >= 0.3 is 0 Å². The summed E-state index contributed by atoms with van der Waals surface area (Å²) >= 11 is 0. The lowest BCUT2D eigenvalue weighted by Crippen LogP contribution is -2.24. The van der Waals surface area contributed by atoms with Gasteiger partial charge in [-0.15, -0.1) is 0 Å². The molecule has 1 aromatic rings. The maximum atomic E-state index is 12.9. The van der Waals surface area contributed by atoms with Gasteiger partial charge in [-0.25, -0.2) is 4.39 Å². The normalized spacial score (nSPS) is 16.9. The second kappa shape index (κ2) is 7.44. The van der Waals surface area contributed by atoms with E-state index in [1.165, 1.54) is 44.4 Å². The third-order valence-electron chi connectivity index (χ3n) is 3.28.